The third-order valence-electron chi connectivity index (χ3n) is 3.03. The Morgan fingerprint density at radius 2 is 2.14 bits per heavy atom. The van der Waals surface area contributed by atoms with Gasteiger partial charge in [0.1, 0.15) is 10.7 Å². The number of phenols is 1. The number of methoxy groups -OCH3 is 1. The predicted molar refractivity (Wildman–Crippen MR) is 81.4 cm³/mol. The van der Waals surface area contributed by atoms with E-state index in [1.807, 2.05) is 0 Å². The molecule has 0 aliphatic rings. The fraction of sp³-hybridized carbons (Fsp3) is 0.286. The summed E-state index contributed by atoms with van der Waals surface area (Å²) in [7, 11) is -2.44. The summed E-state index contributed by atoms with van der Waals surface area (Å²) in [6, 6.07) is 6.86. The van der Waals surface area contributed by atoms with Gasteiger partial charge in [-0.15, -0.1) is 0 Å². The molecule has 0 fully saturated rings. The van der Waals surface area contributed by atoms with Crippen molar-refractivity contribution < 1.29 is 22.7 Å². The normalized spacial score (nSPS) is 13.2. The third-order valence-corrected chi connectivity index (χ3v) is 4.84. The summed E-state index contributed by atoms with van der Waals surface area (Å²) in [6.45, 7) is 0.343. The highest BCUT2D eigenvalue weighted by molar-refractivity contribution is 7.89. The number of aromatic hydroxyl groups is 1. The second kappa shape index (κ2) is 7.15. The van der Waals surface area contributed by atoms with Crippen molar-refractivity contribution in [2.75, 3.05) is 13.7 Å². The zero-order valence-electron chi connectivity index (χ0n) is 11.8. The van der Waals surface area contributed by atoms with E-state index in [1.165, 1.54) is 31.6 Å². The first-order valence-electron chi connectivity index (χ1n) is 6.48. The van der Waals surface area contributed by atoms with E-state index in [2.05, 4.69) is 4.72 Å². The molecule has 1 aromatic heterocycles. The lowest BCUT2D eigenvalue weighted by molar-refractivity contribution is 0.182. The van der Waals surface area contributed by atoms with E-state index >= 15 is 0 Å². The van der Waals surface area contributed by atoms with Gasteiger partial charge in [0, 0.05) is 13.7 Å². The fourth-order valence-electron chi connectivity index (χ4n) is 1.95. The van der Waals surface area contributed by atoms with Gasteiger partial charge < -0.3 is 14.3 Å². The SMILES string of the molecule is COCCC(NS(=O)(=O)c1cccc(Cl)c1O)c1ccco1. The Balaban J connectivity index is 2.30. The number of halogens is 1. The quantitative estimate of drug-likeness (QED) is 0.805. The van der Waals surface area contributed by atoms with Gasteiger partial charge in [0.25, 0.3) is 0 Å². The zero-order valence-corrected chi connectivity index (χ0v) is 13.4. The Kier molecular flexibility index (Phi) is 5.47. The minimum Gasteiger partial charge on any atom is -0.505 e. The van der Waals surface area contributed by atoms with Gasteiger partial charge >= 0.3 is 0 Å². The van der Waals surface area contributed by atoms with Crippen LogP contribution in [0, 0.1) is 0 Å². The van der Waals surface area contributed by atoms with Crippen LogP contribution in [0.4, 0.5) is 0 Å². The highest BCUT2D eigenvalue weighted by Crippen LogP contribution is 2.31. The molecule has 1 aromatic carbocycles. The molecule has 6 nitrogen and oxygen atoms in total. The molecule has 0 spiro atoms. The molecule has 0 aliphatic heterocycles. The van der Waals surface area contributed by atoms with Crippen molar-refractivity contribution in [1.29, 1.82) is 0 Å². The standard InChI is InChI=1S/C14H16ClNO5S/c1-20-9-7-11(12-5-3-8-21-12)16-22(18,19)13-6-2-4-10(15)14(13)17/h2-6,8,11,16-17H,7,9H2,1H3. The molecule has 0 bridgehead atoms. The average Bonchev–Trinajstić information content (AvgIpc) is 3.00. The Bertz CT molecular complexity index is 715. The highest BCUT2D eigenvalue weighted by Gasteiger charge is 2.26. The highest BCUT2D eigenvalue weighted by atomic mass is 35.5. The Morgan fingerprint density at radius 1 is 1.36 bits per heavy atom. The Hall–Kier alpha value is -1.54. The van der Waals surface area contributed by atoms with E-state index < -0.39 is 21.8 Å². The first kappa shape index (κ1) is 16.8. The van der Waals surface area contributed by atoms with Crippen LogP contribution in [0.25, 0.3) is 0 Å². The lowest BCUT2D eigenvalue weighted by Crippen LogP contribution is -2.29. The van der Waals surface area contributed by atoms with E-state index in [-0.39, 0.29) is 9.92 Å². The maximum Gasteiger partial charge on any atom is 0.244 e. The van der Waals surface area contributed by atoms with Crippen LogP contribution in [0.5, 0.6) is 5.75 Å². The Labute approximate surface area is 133 Å². The van der Waals surface area contributed by atoms with E-state index in [1.54, 1.807) is 12.1 Å². The second-order valence-electron chi connectivity index (χ2n) is 4.56. The smallest absolute Gasteiger partial charge is 0.244 e. The van der Waals surface area contributed by atoms with Crippen molar-refractivity contribution in [1.82, 2.24) is 4.72 Å². The number of ether oxygens (including phenoxy) is 1. The number of furan rings is 1. The van der Waals surface area contributed by atoms with Gasteiger partial charge in [0.05, 0.1) is 17.3 Å². The van der Waals surface area contributed by atoms with E-state index in [4.69, 9.17) is 20.8 Å². The molecule has 2 rings (SSSR count). The van der Waals surface area contributed by atoms with Gasteiger partial charge in [-0.05, 0) is 30.7 Å². The van der Waals surface area contributed by atoms with Crippen LogP contribution >= 0.6 is 11.6 Å². The van der Waals surface area contributed by atoms with Gasteiger partial charge in [-0.1, -0.05) is 17.7 Å². The van der Waals surface area contributed by atoms with Crippen LogP contribution in [0.1, 0.15) is 18.2 Å². The predicted octanol–water partition coefficient (Wildman–Crippen LogP) is 2.69. The number of nitrogens with one attached hydrogen (secondary N) is 1. The maximum absolute atomic E-state index is 12.5. The van der Waals surface area contributed by atoms with Crippen LogP contribution < -0.4 is 4.72 Å². The monoisotopic (exact) mass is 345 g/mol. The van der Waals surface area contributed by atoms with Crippen molar-refractivity contribution in [2.24, 2.45) is 0 Å². The summed E-state index contributed by atoms with van der Waals surface area (Å²) in [5.41, 5.74) is 0. The van der Waals surface area contributed by atoms with Crippen molar-refractivity contribution >= 4 is 21.6 Å². The van der Waals surface area contributed by atoms with Crippen LogP contribution in [0.3, 0.4) is 0 Å². The Morgan fingerprint density at radius 3 is 2.77 bits per heavy atom. The number of benzene rings is 1. The summed E-state index contributed by atoms with van der Waals surface area (Å²) in [6.07, 6.45) is 1.84. The number of phenolic OH excluding ortho intramolecular Hbond substituents is 1. The molecule has 2 N–H and O–H groups in total. The number of rotatable bonds is 7. The summed E-state index contributed by atoms with van der Waals surface area (Å²) in [5, 5.41) is 9.82. The summed E-state index contributed by atoms with van der Waals surface area (Å²) < 4.78 is 37.7. The van der Waals surface area contributed by atoms with Crippen LogP contribution in [-0.4, -0.2) is 27.2 Å². The first-order chi connectivity index (χ1) is 10.5. The fourth-order valence-corrected chi connectivity index (χ4v) is 3.54. The molecule has 1 heterocycles. The average molecular weight is 346 g/mol. The summed E-state index contributed by atoms with van der Waals surface area (Å²) in [4.78, 5) is -0.283. The van der Waals surface area contributed by atoms with Crippen molar-refractivity contribution in [2.45, 2.75) is 17.4 Å². The minimum atomic E-state index is -3.97. The van der Waals surface area contributed by atoms with E-state index in [0.29, 0.717) is 18.8 Å². The maximum atomic E-state index is 12.5. The molecule has 0 saturated carbocycles. The molecule has 120 valence electrons. The lowest BCUT2D eigenvalue weighted by Gasteiger charge is -2.17. The molecule has 0 radical (unpaired) electrons. The van der Waals surface area contributed by atoms with Crippen LogP contribution in [-0.2, 0) is 14.8 Å². The van der Waals surface area contributed by atoms with E-state index in [0.717, 1.165) is 0 Å². The summed E-state index contributed by atoms with van der Waals surface area (Å²) >= 11 is 5.76. The minimum absolute atomic E-state index is 0.0330. The topological polar surface area (TPSA) is 88.8 Å². The first-order valence-corrected chi connectivity index (χ1v) is 8.34. The molecule has 1 unspecified atom stereocenters. The largest absolute Gasteiger partial charge is 0.505 e. The van der Waals surface area contributed by atoms with Crippen LogP contribution in [0.2, 0.25) is 5.02 Å². The third kappa shape index (κ3) is 3.80. The lowest BCUT2D eigenvalue weighted by atomic mass is 10.2. The number of hydrogen-bond donors (Lipinski definition) is 2. The van der Waals surface area contributed by atoms with Crippen molar-refractivity contribution in [3.05, 3.63) is 47.4 Å². The number of hydrogen-bond acceptors (Lipinski definition) is 5. The number of para-hydroxylation sites is 1. The molecule has 8 heteroatoms. The van der Waals surface area contributed by atoms with Crippen LogP contribution in [0.15, 0.2) is 45.9 Å². The van der Waals surface area contributed by atoms with Gasteiger partial charge in [0.15, 0.2) is 5.75 Å². The molecule has 2 aromatic rings. The second-order valence-corrected chi connectivity index (χ2v) is 6.65. The number of sulfonamides is 1. The molecule has 22 heavy (non-hydrogen) atoms. The molecule has 0 aliphatic carbocycles. The molecule has 0 saturated heterocycles. The van der Waals surface area contributed by atoms with Gasteiger partial charge in [-0.3, -0.25) is 0 Å². The molecular formula is C14H16ClNO5S. The zero-order chi connectivity index (χ0) is 16.2. The summed E-state index contributed by atoms with van der Waals surface area (Å²) in [5.74, 6) is -0.0243. The van der Waals surface area contributed by atoms with E-state index in [9.17, 15) is 13.5 Å². The van der Waals surface area contributed by atoms with Gasteiger partial charge in [-0.2, -0.15) is 0 Å². The van der Waals surface area contributed by atoms with Gasteiger partial charge in [0.2, 0.25) is 10.0 Å². The van der Waals surface area contributed by atoms with Crippen molar-refractivity contribution in [3.8, 4) is 5.75 Å². The van der Waals surface area contributed by atoms with Crippen molar-refractivity contribution in [3.63, 3.8) is 0 Å². The molecular weight excluding hydrogens is 330 g/mol. The molecule has 1 atom stereocenters. The van der Waals surface area contributed by atoms with Gasteiger partial charge in [-0.25, -0.2) is 13.1 Å². The molecule has 0 amide bonds.